The van der Waals surface area contributed by atoms with Crippen LogP contribution >= 0.6 is 0 Å². The molecule has 2 aliphatic rings. The number of rotatable bonds is 5. The Morgan fingerprint density at radius 2 is 2.09 bits per heavy atom. The number of ether oxygens (including phenoxy) is 3. The first-order valence-electron chi connectivity index (χ1n) is 7.86. The number of hydrogen-bond donors (Lipinski definition) is 0. The van der Waals surface area contributed by atoms with E-state index in [9.17, 15) is 4.79 Å². The first-order chi connectivity index (χ1) is 10.6. The number of benzene rings is 1. The van der Waals surface area contributed by atoms with Crippen molar-refractivity contribution >= 4 is 5.78 Å². The van der Waals surface area contributed by atoms with Crippen molar-refractivity contribution in [2.45, 2.75) is 37.7 Å². The Morgan fingerprint density at radius 1 is 1.27 bits per heavy atom. The second kappa shape index (κ2) is 6.01. The summed E-state index contributed by atoms with van der Waals surface area (Å²) in [6.07, 6.45) is 2.43. The van der Waals surface area contributed by atoms with Crippen LogP contribution in [0.5, 0.6) is 5.75 Å². The van der Waals surface area contributed by atoms with E-state index in [2.05, 4.69) is 19.1 Å². The Hall–Kier alpha value is -1.39. The highest BCUT2D eigenvalue weighted by Gasteiger charge is 2.53. The van der Waals surface area contributed by atoms with Gasteiger partial charge in [0.25, 0.3) is 0 Å². The molecule has 120 valence electrons. The van der Waals surface area contributed by atoms with Gasteiger partial charge in [0.15, 0.2) is 0 Å². The molecule has 2 bridgehead atoms. The van der Waals surface area contributed by atoms with Crippen LogP contribution in [0.1, 0.15) is 31.7 Å². The van der Waals surface area contributed by atoms with Crippen molar-refractivity contribution in [2.24, 2.45) is 11.8 Å². The number of Topliss-reactive ketones (excluding diaryl/α,β-unsaturated/α-hetero) is 1. The minimum atomic E-state index is -0.132. The highest BCUT2D eigenvalue weighted by atomic mass is 16.7. The molecule has 4 heteroatoms. The lowest BCUT2D eigenvalue weighted by Crippen LogP contribution is -2.39. The molecule has 0 amide bonds. The van der Waals surface area contributed by atoms with E-state index in [4.69, 9.17) is 14.2 Å². The molecule has 22 heavy (non-hydrogen) atoms. The van der Waals surface area contributed by atoms with Gasteiger partial charge in [-0.05, 0) is 36.5 Å². The number of ketones is 1. The van der Waals surface area contributed by atoms with Crippen molar-refractivity contribution in [3.05, 3.63) is 29.8 Å². The van der Waals surface area contributed by atoms with Crippen LogP contribution in [0.4, 0.5) is 0 Å². The molecule has 0 saturated heterocycles. The highest BCUT2D eigenvalue weighted by molar-refractivity contribution is 5.85. The topological polar surface area (TPSA) is 44.8 Å². The molecule has 2 fully saturated rings. The summed E-state index contributed by atoms with van der Waals surface area (Å²) in [5.41, 5.74) is 1.06. The number of hydrogen-bond acceptors (Lipinski definition) is 4. The fraction of sp³-hybridized carbons (Fsp3) is 0.611. The Balaban J connectivity index is 1.87. The molecule has 0 unspecified atom stereocenters. The van der Waals surface area contributed by atoms with E-state index < -0.39 is 0 Å². The van der Waals surface area contributed by atoms with Gasteiger partial charge in [-0.15, -0.1) is 0 Å². The highest BCUT2D eigenvalue weighted by Crippen LogP contribution is 2.53. The molecule has 2 aliphatic carbocycles. The molecule has 0 radical (unpaired) electrons. The Bertz CT molecular complexity index is 556. The van der Waals surface area contributed by atoms with Crippen LogP contribution in [0.2, 0.25) is 0 Å². The van der Waals surface area contributed by atoms with Crippen molar-refractivity contribution in [3.63, 3.8) is 0 Å². The van der Waals surface area contributed by atoms with Crippen molar-refractivity contribution in [2.75, 3.05) is 21.0 Å². The van der Waals surface area contributed by atoms with E-state index in [1.807, 2.05) is 12.1 Å². The summed E-state index contributed by atoms with van der Waals surface area (Å²) in [5.74, 6) is 1.67. The Kier molecular flexibility index (Phi) is 4.24. The van der Waals surface area contributed by atoms with Crippen LogP contribution in [0, 0.1) is 11.8 Å². The van der Waals surface area contributed by atoms with Gasteiger partial charge in [-0.25, -0.2) is 0 Å². The van der Waals surface area contributed by atoms with Crippen molar-refractivity contribution in [1.82, 2.24) is 0 Å². The van der Waals surface area contributed by atoms with Gasteiger partial charge in [-0.1, -0.05) is 19.1 Å². The monoisotopic (exact) mass is 304 g/mol. The van der Waals surface area contributed by atoms with E-state index in [1.165, 1.54) is 5.56 Å². The van der Waals surface area contributed by atoms with Gasteiger partial charge in [0.05, 0.1) is 13.2 Å². The molecule has 1 aromatic carbocycles. The van der Waals surface area contributed by atoms with E-state index in [-0.39, 0.29) is 24.2 Å². The molecular formula is C18H24O4. The Morgan fingerprint density at radius 3 is 2.82 bits per heavy atom. The smallest absolute Gasteiger partial charge is 0.146 e. The normalized spacial score (nSPS) is 34.0. The van der Waals surface area contributed by atoms with Crippen LogP contribution < -0.4 is 4.74 Å². The molecule has 4 atom stereocenters. The minimum Gasteiger partial charge on any atom is -0.497 e. The van der Waals surface area contributed by atoms with Crippen molar-refractivity contribution in [1.29, 1.82) is 0 Å². The van der Waals surface area contributed by atoms with Crippen LogP contribution in [-0.2, 0) is 19.7 Å². The zero-order chi connectivity index (χ0) is 15.7. The molecule has 0 aliphatic heterocycles. The largest absolute Gasteiger partial charge is 0.497 e. The van der Waals surface area contributed by atoms with Crippen molar-refractivity contribution < 1.29 is 19.0 Å². The standard InChI is InChI=1S/C18H24O4/c1-18(12-5-4-6-14(7-12)21-3)10-16(19)15-8-13(18)9-17(15)22-11-20-2/h4-7,13,15,17H,8-11H2,1-3H3/t13-,15-,17-,18+/m1/s1. The number of fused-ring (bicyclic) bond motifs is 2. The molecule has 0 spiro atoms. The van der Waals surface area contributed by atoms with Crippen molar-refractivity contribution in [3.8, 4) is 5.75 Å². The zero-order valence-electron chi connectivity index (χ0n) is 13.5. The van der Waals surface area contributed by atoms with Gasteiger partial charge in [0.1, 0.15) is 18.3 Å². The van der Waals surface area contributed by atoms with E-state index >= 15 is 0 Å². The lowest BCUT2D eigenvalue weighted by molar-refractivity contribution is -0.133. The SMILES string of the molecule is COCO[C@@H]1C[C@H]2C[C@@H]1C(=O)C[C@@]2(C)c1cccc(OC)c1. The summed E-state index contributed by atoms with van der Waals surface area (Å²) in [6.45, 7) is 2.47. The number of carbonyl (C=O) groups is 1. The summed E-state index contributed by atoms with van der Waals surface area (Å²) in [5, 5.41) is 0. The summed E-state index contributed by atoms with van der Waals surface area (Å²) >= 11 is 0. The lowest BCUT2D eigenvalue weighted by atomic mass is 9.64. The number of methoxy groups -OCH3 is 2. The summed E-state index contributed by atoms with van der Waals surface area (Å²) in [6, 6.07) is 8.12. The average Bonchev–Trinajstić information content (AvgIpc) is 2.93. The maximum atomic E-state index is 12.6. The average molecular weight is 304 g/mol. The predicted molar refractivity (Wildman–Crippen MR) is 82.9 cm³/mol. The molecule has 1 aromatic rings. The molecule has 2 saturated carbocycles. The molecule has 0 N–H and O–H groups in total. The lowest BCUT2D eigenvalue weighted by Gasteiger charge is -2.39. The van der Waals surface area contributed by atoms with Gasteiger partial charge >= 0.3 is 0 Å². The van der Waals surface area contributed by atoms with Crippen LogP contribution in [-0.4, -0.2) is 32.9 Å². The van der Waals surface area contributed by atoms with Crippen LogP contribution in [0.25, 0.3) is 0 Å². The molecule has 4 nitrogen and oxygen atoms in total. The third-order valence-corrected chi connectivity index (χ3v) is 5.49. The quantitative estimate of drug-likeness (QED) is 0.785. The second-order valence-electron chi connectivity index (χ2n) is 6.68. The predicted octanol–water partition coefficient (Wildman–Crippen LogP) is 2.94. The van der Waals surface area contributed by atoms with Crippen LogP contribution in [0.15, 0.2) is 24.3 Å². The van der Waals surface area contributed by atoms with Gasteiger partial charge < -0.3 is 14.2 Å². The fourth-order valence-electron chi connectivity index (χ4n) is 4.15. The molecule has 0 heterocycles. The zero-order valence-corrected chi connectivity index (χ0v) is 13.5. The van der Waals surface area contributed by atoms with Gasteiger partial charge in [0, 0.05) is 24.9 Å². The van der Waals surface area contributed by atoms with E-state index in [1.54, 1.807) is 14.2 Å². The third kappa shape index (κ3) is 2.55. The summed E-state index contributed by atoms with van der Waals surface area (Å²) in [7, 11) is 3.29. The first kappa shape index (κ1) is 15.5. The van der Waals surface area contributed by atoms with Gasteiger partial charge in [-0.2, -0.15) is 0 Å². The maximum absolute atomic E-state index is 12.6. The summed E-state index contributed by atoms with van der Waals surface area (Å²) < 4.78 is 16.1. The maximum Gasteiger partial charge on any atom is 0.146 e. The molecule has 3 rings (SSSR count). The second-order valence-corrected chi connectivity index (χ2v) is 6.68. The van der Waals surface area contributed by atoms with Crippen LogP contribution in [0.3, 0.4) is 0 Å². The van der Waals surface area contributed by atoms with Gasteiger partial charge in [0.2, 0.25) is 0 Å². The van der Waals surface area contributed by atoms with E-state index in [0.717, 1.165) is 18.6 Å². The van der Waals surface area contributed by atoms with Gasteiger partial charge in [-0.3, -0.25) is 4.79 Å². The van der Waals surface area contributed by atoms with E-state index in [0.29, 0.717) is 18.1 Å². The summed E-state index contributed by atoms with van der Waals surface area (Å²) in [4.78, 5) is 12.6. The first-order valence-corrected chi connectivity index (χ1v) is 7.86. The third-order valence-electron chi connectivity index (χ3n) is 5.49. The molecule has 0 aromatic heterocycles. The Labute approximate surface area is 131 Å². The minimum absolute atomic E-state index is 0.00452. The number of carbonyl (C=O) groups excluding carboxylic acids is 1. The molecular weight excluding hydrogens is 280 g/mol. The fourth-order valence-corrected chi connectivity index (χ4v) is 4.15.